The molecule has 0 unspecified atom stereocenters. The number of fused-ring (bicyclic) bond motifs is 1. The van der Waals surface area contributed by atoms with Crippen LogP contribution in [0.25, 0.3) is 11.0 Å². The van der Waals surface area contributed by atoms with Crippen LogP contribution >= 0.6 is 11.6 Å². The topological polar surface area (TPSA) is 17.8 Å². The summed E-state index contributed by atoms with van der Waals surface area (Å²) in [7, 11) is 1.71. The van der Waals surface area contributed by atoms with Crippen molar-refractivity contribution < 1.29 is 13.2 Å². The summed E-state index contributed by atoms with van der Waals surface area (Å²) >= 11 is 5.83. The molecular formula is C10H8ClF3N2. The Kier molecular flexibility index (Phi) is 2.38. The molecule has 1 aromatic carbocycles. The molecule has 0 atom stereocenters. The molecule has 0 aliphatic rings. The number of hydrogen-bond acceptors (Lipinski definition) is 1. The predicted molar refractivity (Wildman–Crippen MR) is 55.5 cm³/mol. The van der Waals surface area contributed by atoms with E-state index in [1.54, 1.807) is 18.5 Å². The molecule has 1 aromatic heterocycles. The Hall–Kier alpha value is -1.23. The Morgan fingerprint density at radius 2 is 1.94 bits per heavy atom. The van der Waals surface area contributed by atoms with Crippen LogP contribution in [0, 0.1) is 6.92 Å². The SMILES string of the molecule is Cc1nc2cc(C(F)(F)F)cc(Cl)c2n1C. The molecule has 6 heteroatoms. The summed E-state index contributed by atoms with van der Waals surface area (Å²) in [5.41, 5.74) is 0.00934. The summed E-state index contributed by atoms with van der Waals surface area (Å²) in [5, 5.41) is 0.0629. The highest BCUT2D eigenvalue weighted by Gasteiger charge is 2.31. The van der Waals surface area contributed by atoms with Crippen LogP contribution in [-0.4, -0.2) is 9.55 Å². The monoisotopic (exact) mass is 248 g/mol. The first-order valence-corrected chi connectivity index (χ1v) is 4.88. The van der Waals surface area contributed by atoms with E-state index in [4.69, 9.17) is 11.6 Å². The van der Waals surface area contributed by atoms with Gasteiger partial charge in [-0.05, 0) is 19.1 Å². The zero-order chi connectivity index (χ0) is 12.1. The first-order valence-electron chi connectivity index (χ1n) is 4.50. The number of nitrogens with zero attached hydrogens (tertiary/aromatic N) is 2. The molecule has 0 saturated carbocycles. The molecule has 0 N–H and O–H groups in total. The molecule has 0 bridgehead atoms. The molecule has 0 radical (unpaired) electrons. The molecular weight excluding hydrogens is 241 g/mol. The van der Waals surface area contributed by atoms with Crippen LogP contribution in [0.5, 0.6) is 0 Å². The molecule has 0 aliphatic heterocycles. The van der Waals surface area contributed by atoms with Gasteiger partial charge >= 0.3 is 6.18 Å². The van der Waals surface area contributed by atoms with Crippen molar-refractivity contribution in [2.45, 2.75) is 13.1 Å². The first-order chi connectivity index (χ1) is 7.30. The molecule has 0 fully saturated rings. The normalized spacial score (nSPS) is 12.4. The van der Waals surface area contributed by atoms with E-state index in [1.165, 1.54) is 0 Å². The highest BCUT2D eigenvalue weighted by atomic mass is 35.5. The number of imidazole rings is 1. The van der Waals surface area contributed by atoms with Gasteiger partial charge in [0, 0.05) is 7.05 Å². The van der Waals surface area contributed by atoms with Crippen LogP contribution in [0.2, 0.25) is 5.02 Å². The quantitative estimate of drug-likeness (QED) is 0.697. The molecule has 0 saturated heterocycles. The van der Waals surface area contributed by atoms with Crippen LogP contribution in [0.4, 0.5) is 13.2 Å². The average Bonchev–Trinajstić information content (AvgIpc) is 2.41. The van der Waals surface area contributed by atoms with E-state index in [-0.39, 0.29) is 10.5 Å². The first kappa shape index (κ1) is 11.3. The molecule has 2 rings (SSSR count). The Morgan fingerprint density at radius 3 is 2.50 bits per heavy atom. The van der Waals surface area contributed by atoms with Gasteiger partial charge in [-0.3, -0.25) is 0 Å². The van der Waals surface area contributed by atoms with Crippen molar-refractivity contribution in [2.24, 2.45) is 7.05 Å². The van der Waals surface area contributed by atoms with Crippen LogP contribution in [0.3, 0.4) is 0 Å². The van der Waals surface area contributed by atoms with Crippen molar-refractivity contribution in [3.05, 3.63) is 28.5 Å². The van der Waals surface area contributed by atoms with Crippen molar-refractivity contribution in [1.82, 2.24) is 9.55 Å². The van der Waals surface area contributed by atoms with Gasteiger partial charge in [-0.1, -0.05) is 11.6 Å². The summed E-state index contributed by atoms with van der Waals surface area (Å²) in [6.07, 6.45) is -4.40. The van der Waals surface area contributed by atoms with E-state index < -0.39 is 11.7 Å². The lowest BCUT2D eigenvalue weighted by molar-refractivity contribution is -0.137. The minimum Gasteiger partial charge on any atom is -0.330 e. The van der Waals surface area contributed by atoms with Gasteiger partial charge in [0.2, 0.25) is 0 Å². The van der Waals surface area contributed by atoms with E-state index in [0.29, 0.717) is 11.3 Å². The van der Waals surface area contributed by atoms with E-state index in [0.717, 1.165) is 12.1 Å². The van der Waals surface area contributed by atoms with E-state index in [1.807, 2.05) is 0 Å². The minimum absolute atomic E-state index is 0.0629. The predicted octanol–water partition coefficient (Wildman–Crippen LogP) is 3.55. The smallest absolute Gasteiger partial charge is 0.330 e. The zero-order valence-electron chi connectivity index (χ0n) is 8.56. The second-order valence-electron chi connectivity index (χ2n) is 3.54. The van der Waals surface area contributed by atoms with Crippen molar-refractivity contribution in [3.8, 4) is 0 Å². The number of rotatable bonds is 0. The van der Waals surface area contributed by atoms with E-state index in [2.05, 4.69) is 4.98 Å². The third-order valence-corrected chi connectivity index (χ3v) is 2.76. The second kappa shape index (κ2) is 3.38. The third kappa shape index (κ3) is 1.65. The van der Waals surface area contributed by atoms with Crippen molar-refractivity contribution >= 4 is 22.6 Å². The van der Waals surface area contributed by atoms with Gasteiger partial charge in [0.15, 0.2) is 0 Å². The number of halogens is 4. The van der Waals surface area contributed by atoms with Gasteiger partial charge in [0.05, 0.1) is 21.6 Å². The Morgan fingerprint density at radius 1 is 1.31 bits per heavy atom. The molecule has 0 spiro atoms. The van der Waals surface area contributed by atoms with Crippen molar-refractivity contribution in [2.75, 3.05) is 0 Å². The van der Waals surface area contributed by atoms with Gasteiger partial charge in [-0.15, -0.1) is 0 Å². The molecule has 2 aromatic rings. The van der Waals surface area contributed by atoms with Crippen LogP contribution in [0.15, 0.2) is 12.1 Å². The van der Waals surface area contributed by atoms with Gasteiger partial charge in [0.1, 0.15) is 5.82 Å². The largest absolute Gasteiger partial charge is 0.416 e. The summed E-state index contributed by atoms with van der Waals surface area (Å²) in [6.45, 7) is 1.71. The minimum atomic E-state index is -4.40. The zero-order valence-corrected chi connectivity index (χ0v) is 9.32. The second-order valence-corrected chi connectivity index (χ2v) is 3.95. The highest BCUT2D eigenvalue weighted by molar-refractivity contribution is 6.35. The van der Waals surface area contributed by atoms with Gasteiger partial charge in [-0.2, -0.15) is 13.2 Å². The molecule has 1 heterocycles. The number of hydrogen-bond donors (Lipinski definition) is 0. The van der Waals surface area contributed by atoms with Gasteiger partial charge < -0.3 is 4.57 Å². The molecule has 86 valence electrons. The van der Waals surface area contributed by atoms with Gasteiger partial charge in [0.25, 0.3) is 0 Å². The van der Waals surface area contributed by atoms with E-state index in [9.17, 15) is 13.2 Å². The summed E-state index contributed by atoms with van der Waals surface area (Å²) in [4.78, 5) is 4.03. The van der Waals surface area contributed by atoms with Crippen molar-refractivity contribution in [3.63, 3.8) is 0 Å². The highest BCUT2D eigenvalue weighted by Crippen LogP contribution is 2.34. The van der Waals surface area contributed by atoms with Crippen molar-refractivity contribution in [1.29, 1.82) is 0 Å². The number of benzene rings is 1. The molecule has 0 amide bonds. The summed E-state index contributed by atoms with van der Waals surface area (Å²) < 4.78 is 39.2. The molecule has 2 nitrogen and oxygen atoms in total. The third-order valence-electron chi connectivity index (χ3n) is 2.47. The lowest BCUT2D eigenvalue weighted by Gasteiger charge is -2.07. The number of aryl methyl sites for hydroxylation is 2. The maximum atomic E-state index is 12.5. The fourth-order valence-electron chi connectivity index (χ4n) is 1.58. The maximum absolute atomic E-state index is 12.5. The summed E-state index contributed by atoms with van der Waals surface area (Å²) in [6, 6.07) is 1.93. The molecule has 0 aliphatic carbocycles. The van der Waals surface area contributed by atoms with Crippen LogP contribution < -0.4 is 0 Å². The lowest BCUT2D eigenvalue weighted by atomic mass is 10.2. The number of alkyl halides is 3. The Labute approximate surface area is 94.6 Å². The fourth-order valence-corrected chi connectivity index (χ4v) is 1.92. The molecule has 16 heavy (non-hydrogen) atoms. The standard InChI is InChI=1S/C10H8ClF3N2/c1-5-15-8-4-6(10(12,13)14)3-7(11)9(8)16(5)2/h3-4H,1-2H3. The van der Waals surface area contributed by atoms with Gasteiger partial charge in [-0.25, -0.2) is 4.98 Å². The average molecular weight is 249 g/mol. The van der Waals surface area contributed by atoms with E-state index >= 15 is 0 Å². The summed E-state index contributed by atoms with van der Waals surface area (Å²) in [5.74, 6) is 0.622. The lowest BCUT2D eigenvalue weighted by Crippen LogP contribution is -2.04. The Bertz CT molecular complexity index is 557. The number of aromatic nitrogens is 2. The Balaban J connectivity index is 2.79. The fraction of sp³-hybridized carbons (Fsp3) is 0.300. The van der Waals surface area contributed by atoms with Crippen LogP contribution in [0.1, 0.15) is 11.4 Å². The maximum Gasteiger partial charge on any atom is 0.416 e. The van der Waals surface area contributed by atoms with Crippen LogP contribution in [-0.2, 0) is 13.2 Å².